The van der Waals surface area contributed by atoms with Gasteiger partial charge in [0, 0.05) is 19.6 Å². The molecule has 0 amide bonds. The minimum absolute atomic E-state index is 0.0226. The highest BCUT2D eigenvalue weighted by atomic mass is 16.5. The Kier molecular flexibility index (Phi) is 5.49. The highest BCUT2D eigenvalue weighted by molar-refractivity contribution is 5.78. The van der Waals surface area contributed by atoms with Crippen LogP contribution in [0.1, 0.15) is 47.0 Å². The highest BCUT2D eigenvalue weighted by Crippen LogP contribution is 2.35. The Morgan fingerprint density at radius 2 is 2.10 bits per heavy atom. The molecule has 1 aliphatic heterocycles. The van der Waals surface area contributed by atoms with Crippen LogP contribution in [-0.4, -0.2) is 54.9 Å². The molecule has 5 heteroatoms. The van der Waals surface area contributed by atoms with E-state index in [4.69, 9.17) is 15.2 Å². The average molecular weight is 297 g/mol. The first-order valence-electron chi connectivity index (χ1n) is 8.18. The number of rotatable bonds is 4. The van der Waals surface area contributed by atoms with Gasteiger partial charge in [-0.05, 0) is 52.9 Å². The van der Waals surface area contributed by atoms with Crippen molar-refractivity contribution >= 4 is 5.96 Å². The van der Waals surface area contributed by atoms with Crippen LogP contribution in [0.4, 0.5) is 0 Å². The lowest BCUT2D eigenvalue weighted by atomic mass is 9.80. The minimum atomic E-state index is -0.0226. The van der Waals surface area contributed by atoms with E-state index >= 15 is 0 Å². The predicted molar refractivity (Wildman–Crippen MR) is 85.4 cm³/mol. The van der Waals surface area contributed by atoms with Crippen LogP contribution >= 0.6 is 0 Å². The highest BCUT2D eigenvalue weighted by Gasteiger charge is 2.32. The topological polar surface area (TPSA) is 60.1 Å². The maximum Gasteiger partial charge on any atom is 0.191 e. The summed E-state index contributed by atoms with van der Waals surface area (Å²) in [5.41, 5.74) is 6.04. The Morgan fingerprint density at radius 1 is 1.38 bits per heavy atom. The van der Waals surface area contributed by atoms with Gasteiger partial charge in [0.05, 0.1) is 24.4 Å². The van der Waals surface area contributed by atoms with Crippen molar-refractivity contribution in [2.24, 2.45) is 16.6 Å². The molecule has 21 heavy (non-hydrogen) atoms. The molecule has 1 saturated carbocycles. The first-order valence-corrected chi connectivity index (χ1v) is 8.18. The van der Waals surface area contributed by atoms with Gasteiger partial charge < -0.3 is 20.1 Å². The van der Waals surface area contributed by atoms with Gasteiger partial charge in [-0.1, -0.05) is 0 Å². The van der Waals surface area contributed by atoms with Gasteiger partial charge in [-0.3, -0.25) is 4.99 Å². The summed E-state index contributed by atoms with van der Waals surface area (Å²) < 4.78 is 11.5. The Hall–Kier alpha value is -0.810. The predicted octanol–water partition coefficient (Wildman–Crippen LogP) is 2.01. The maximum atomic E-state index is 6.06. The summed E-state index contributed by atoms with van der Waals surface area (Å²) in [6.07, 6.45) is 4.14. The molecule has 0 radical (unpaired) electrons. The van der Waals surface area contributed by atoms with Crippen molar-refractivity contribution in [1.82, 2.24) is 4.90 Å². The van der Waals surface area contributed by atoms with Gasteiger partial charge in [0.25, 0.3) is 0 Å². The molecule has 1 unspecified atom stereocenters. The molecular weight excluding hydrogens is 266 g/mol. The summed E-state index contributed by atoms with van der Waals surface area (Å²) in [6, 6.07) is 0. The zero-order valence-corrected chi connectivity index (χ0v) is 14.0. The van der Waals surface area contributed by atoms with Gasteiger partial charge in [0.15, 0.2) is 5.96 Å². The normalized spacial score (nSPS) is 31.1. The lowest BCUT2D eigenvalue weighted by Crippen LogP contribution is -2.48. The lowest BCUT2D eigenvalue weighted by molar-refractivity contribution is -0.112. The second-order valence-electron chi connectivity index (χ2n) is 7.35. The summed E-state index contributed by atoms with van der Waals surface area (Å²) in [7, 11) is 0. The molecule has 2 rings (SSSR count). The van der Waals surface area contributed by atoms with E-state index < -0.39 is 0 Å². The molecule has 1 aliphatic carbocycles. The Labute approximate surface area is 128 Å². The number of ether oxygens (including phenoxy) is 2. The van der Waals surface area contributed by atoms with Gasteiger partial charge in [-0.25, -0.2) is 0 Å². The van der Waals surface area contributed by atoms with E-state index in [0.717, 1.165) is 38.6 Å². The van der Waals surface area contributed by atoms with Gasteiger partial charge in [0.2, 0.25) is 0 Å². The third-order valence-corrected chi connectivity index (χ3v) is 4.09. The largest absolute Gasteiger partial charge is 0.375 e. The van der Waals surface area contributed by atoms with E-state index in [9.17, 15) is 0 Å². The van der Waals surface area contributed by atoms with Gasteiger partial charge in [0.1, 0.15) is 0 Å². The second-order valence-corrected chi connectivity index (χ2v) is 7.35. The quantitative estimate of drug-likeness (QED) is 0.637. The monoisotopic (exact) mass is 297 g/mol. The molecule has 1 heterocycles. The van der Waals surface area contributed by atoms with Crippen LogP contribution in [0.25, 0.3) is 0 Å². The maximum absolute atomic E-state index is 6.06. The van der Waals surface area contributed by atoms with Crippen LogP contribution < -0.4 is 5.73 Å². The smallest absolute Gasteiger partial charge is 0.191 e. The molecule has 2 N–H and O–H groups in total. The molecule has 0 aromatic carbocycles. The SMILES string of the molecule is CC1CN(C(N)=NCCC2CC(OC(C)(C)C)C2)CCO1. The molecule has 0 aromatic rings. The van der Waals surface area contributed by atoms with Crippen molar-refractivity contribution in [3.63, 3.8) is 0 Å². The zero-order valence-electron chi connectivity index (χ0n) is 14.0. The molecule has 1 atom stereocenters. The fourth-order valence-electron chi connectivity index (χ4n) is 2.99. The first-order chi connectivity index (χ1) is 9.83. The fraction of sp³-hybridized carbons (Fsp3) is 0.938. The van der Waals surface area contributed by atoms with Crippen molar-refractivity contribution in [3.05, 3.63) is 0 Å². The van der Waals surface area contributed by atoms with Crippen molar-refractivity contribution in [2.45, 2.75) is 64.8 Å². The Bertz CT molecular complexity index is 359. The molecule has 2 aliphatic rings. The number of nitrogens with two attached hydrogens (primary N) is 1. The van der Waals surface area contributed by atoms with E-state index in [1.54, 1.807) is 0 Å². The van der Waals surface area contributed by atoms with Crippen molar-refractivity contribution in [3.8, 4) is 0 Å². The molecular formula is C16H31N3O2. The van der Waals surface area contributed by atoms with E-state index in [2.05, 4.69) is 37.6 Å². The summed E-state index contributed by atoms with van der Waals surface area (Å²) in [6.45, 7) is 11.7. The molecule has 2 fully saturated rings. The van der Waals surface area contributed by atoms with Crippen LogP contribution in [-0.2, 0) is 9.47 Å². The molecule has 5 nitrogen and oxygen atoms in total. The number of aliphatic imine (C=N–C) groups is 1. The van der Waals surface area contributed by atoms with Crippen molar-refractivity contribution < 1.29 is 9.47 Å². The Morgan fingerprint density at radius 3 is 2.71 bits per heavy atom. The van der Waals surface area contributed by atoms with Crippen LogP contribution in [0.15, 0.2) is 4.99 Å². The molecule has 0 spiro atoms. The van der Waals surface area contributed by atoms with Gasteiger partial charge in [-0.15, -0.1) is 0 Å². The average Bonchev–Trinajstić information content (AvgIpc) is 2.34. The zero-order chi connectivity index (χ0) is 15.5. The van der Waals surface area contributed by atoms with E-state index in [1.165, 1.54) is 12.8 Å². The van der Waals surface area contributed by atoms with Crippen LogP contribution in [0.5, 0.6) is 0 Å². The number of guanidine groups is 1. The third kappa shape index (κ3) is 5.47. The first kappa shape index (κ1) is 16.6. The van der Waals surface area contributed by atoms with Crippen LogP contribution in [0, 0.1) is 5.92 Å². The summed E-state index contributed by atoms with van der Waals surface area (Å²) in [5, 5.41) is 0. The fourth-order valence-corrected chi connectivity index (χ4v) is 2.99. The Balaban J connectivity index is 1.62. The van der Waals surface area contributed by atoms with Crippen LogP contribution in [0.3, 0.4) is 0 Å². The van der Waals surface area contributed by atoms with E-state index in [1.807, 2.05) is 0 Å². The van der Waals surface area contributed by atoms with E-state index in [-0.39, 0.29) is 11.7 Å². The summed E-state index contributed by atoms with van der Waals surface area (Å²) in [5.74, 6) is 1.42. The number of hydrogen-bond acceptors (Lipinski definition) is 3. The molecule has 122 valence electrons. The molecule has 0 bridgehead atoms. The molecule has 0 aromatic heterocycles. The number of morpholine rings is 1. The van der Waals surface area contributed by atoms with Gasteiger partial charge >= 0.3 is 0 Å². The van der Waals surface area contributed by atoms with Crippen LogP contribution in [0.2, 0.25) is 0 Å². The standard InChI is InChI=1S/C16H31N3O2/c1-12-11-19(7-8-20-12)15(17)18-6-5-13-9-14(10-13)21-16(2,3)4/h12-14H,5-11H2,1-4H3,(H2,17,18). The molecule has 1 saturated heterocycles. The number of hydrogen-bond donors (Lipinski definition) is 1. The van der Waals surface area contributed by atoms with Crippen molar-refractivity contribution in [2.75, 3.05) is 26.2 Å². The second kappa shape index (κ2) is 6.97. The number of nitrogens with zero attached hydrogens (tertiary/aromatic N) is 2. The van der Waals surface area contributed by atoms with E-state index in [0.29, 0.717) is 12.1 Å². The minimum Gasteiger partial charge on any atom is -0.375 e. The van der Waals surface area contributed by atoms with Gasteiger partial charge in [-0.2, -0.15) is 0 Å². The summed E-state index contributed by atoms with van der Waals surface area (Å²) in [4.78, 5) is 6.65. The summed E-state index contributed by atoms with van der Waals surface area (Å²) >= 11 is 0. The third-order valence-electron chi connectivity index (χ3n) is 4.09. The van der Waals surface area contributed by atoms with Crippen molar-refractivity contribution in [1.29, 1.82) is 0 Å². The lowest BCUT2D eigenvalue weighted by Gasteiger charge is -2.39.